The quantitative estimate of drug-likeness (QED) is 0.754. The van der Waals surface area contributed by atoms with Gasteiger partial charge >= 0.3 is 10.3 Å². The summed E-state index contributed by atoms with van der Waals surface area (Å²) in [6.45, 7) is 7.26. The summed E-state index contributed by atoms with van der Waals surface area (Å²) in [7, 11) is -9.08. The summed E-state index contributed by atoms with van der Waals surface area (Å²) in [5, 5.41) is 0. The maximum Gasteiger partial charge on any atom is 0.373 e. The Morgan fingerprint density at radius 3 is 2.09 bits per heavy atom. The van der Waals surface area contributed by atoms with E-state index >= 15 is 0 Å². The first-order valence-electron chi connectivity index (χ1n) is 6.85. The molecule has 0 heterocycles. The maximum absolute atomic E-state index is 11.7. The van der Waals surface area contributed by atoms with Gasteiger partial charge in [-0.3, -0.25) is 4.55 Å². The summed E-state index contributed by atoms with van der Waals surface area (Å²) in [4.78, 5) is 2.09. The number of hydrogen-bond donors (Lipinski definition) is 1. The van der Waals surface area contributed by atoms with E-state index in [0.29, 0.717) is 5.56 Å². The van der Waals surface area contributed by atoms with Crippen LogP contribution in [0.3, 0.4) is 0 Å². The molecule has 1 aromatic carbocycles. The molecule has 0 spiro atoms. The molecule has 7 nitrogen and oxygen atoms in total. The third kappa shape index (κ3) is 4.34. The van der Waals surface area contributed by atoms with Gasteiger partial charge in [-0.2, -0.15) is 8.42 Å². The number of aryl methyl sites for hydroxylation is 1. The van der Waals surface area contributed by atoms with Crippen LogP contribution in [0, 0.1) is 6.92 Å². The summed E-state index contributed by atoms with van der Waals surface area (Å²) in [6.07, 6.45) is 1.68. The molecule has 126 valence electrons. The fourth-order valence-corrected chi connectivity index (χ4v) is 4.64. The zero-order chi connectivity index (χ0) is 17.1. The van der Waals surface area contributed by atoms with E-state index in [1.165, 1.54) is 6.07 Å². The van der Waals surface area contributed by atoms with Gasteiger partial charge in [0.2, 0.25) is 10.0 Å². The molecule has 0 fully saturated rings. The molecule has 0 aromatic heterocycles. The normalized spacial score (nSPS) is 12.2. The molecule has 0 bridgehead atoms. The van der Waals surface area contributed by atoms with Crippen LogP contribution in [0.15, 0.2) is 18.2 Å². The van der Waals surface area contributed by atoms with Gasteiger partial charge in [-0.1, -0.05) is 6.92 Å². The second kappa shape index (κ2) is 6.84. The fraction of sp³-hybridized carbons (Fsp3) is 0.538. The van der Waals surface area contributed by atoms with E-state index in [4.69, 9.17) is 0 Å². The van der Waals surface area contributed by atoms with Crippen LogP contribution in [-0.4, -0.2) is 40.7 Å². The van der Waals surface area contributed by atoms with Gasteiger partial charge in [-0.05, 0) is 44.0 Å². The average Bonchev–Trinajstić information content (AvgIpc) is 2.35. The van der Waals surface area contributed by atoms with Gasteiger partial charge in [0.15, 0.2) is 0 Å². The van der Waals surface area contributed by atoms with Crippen molar-refractivity contribution in [1.82, 2.24) is 0 Å². The van der Waals surface area contributed by atoms with Gasteiger partial charge < -0.3 is 4.90 Å². The maximum atomic E-state index is 11.7. The van der Waals surface area contributed by atoms with E-state index in [0.717, 1.165) is 31.5 Å². The Morgan fingerprint density at radius 2 is 1.73 bits per heavy atom. The molecule has 9 heteroatoms. The number of rotatable bonds is 7. The lowest BCUT2D eigenvalue weighted by Crippen LogP contribution is -2.36. The number of nitrogens with zero attached hydrogens (tertiary/aromatic N) is 2. The molecule has 0 aliphatic rings. The number of anilines is 2. The van der Waals surface area contributed by atoms with Crippen molar-refractivity contribution in [2.24, 2.45) is 0 Å². The minimum absolute atomic E-state index is 0.0369. The smallest absolute Gasteiger partial charge is 0.372 e. The molecule has 0 atom stereocenters. The summed E-state index contributed by atoms with van der Waals surface area (Å²) in [6, 6.07) is 4.74. The molecule has 0 saturated heterocycles. The monoisotopic (exact) mass is 350 g/mol. The predicted molar refractivity (Wildman–Crippen MR) is 88.2 cm³/mol. The van der Waals surface area contributed by atoms with Gasteiger partial charge in [0.05, 0.1) is 11.9 Å². The Labute approximate surface area is 132 Å². The number of sulfonamides is 1. The van der Waals surface area contributed by atoms with E-state index in [1.54, 1.807) is 19.1 Å². The Morgan fingerprint density at radius 1 is 1.14 bits per heavy atom. The van der Waals surface area contributed by atoms with E-state index in [9.17, 15) is 21.4 Å². The van der Waals surface area contributed by atoms with Crippen LogP contribution in [-0.2, 0) is 20.3 Å². The van der Waals surface area contributed by atoms with Gasteiger partial charge in [-0.15, -0.1) is 3.71 Å². The van der Waals surface area contributed by atoms with Gasteiger partial charge in [0, 0.05) is 18.8 Å². The van der Waals surface area contributed by atoms with Gasteiger partial charge in [0.25, 0.3) is 0 Å². The SMILES string of the molecule is CCCN(CC)c1ccc(N(S(C)(=O)=O)S(=O)(=O)O)c(C)c1. The highest BCUT2D eigenvalue weighted by Gasteiger charge is 2.30. The topological polar surface area (TPSA) is 95.0 Å². The van der Waals surface area contributed by atoms with Crippen molar-refractivity contribution in [3.05, 3.63) is 23.8 Å². The lowest BCUT2D eigenvalue weighted by molar-refractivity contribution is 0.484. The Hall–Kier alpha value is -1.32. The standard InChI is InChI=1S/C13H22N2O5S2/c1-5-9-14(6-2)12-7-8-13(11(3)10-12)15(21(4,16)17)22(18,19)20/h7-8,10H,5-6,9H2,1-4H3,(H,18,19,20). The molecule has 0 unspecified atom stereocenters. The van der Waals surface area contributed by atoms with Crippen molar-refractivity contribution in [2.45, 2.75) is 27.2 Å². The molecule has 0 amide bonds. The first-order chi connectivity index (χ1) is 10.0. The highest BCUT2D eigenvalue weighted by molar-refractivity contribution is 8.07. The van der Waals surface area contributed by atoms with E-state index in [2.05, 4.69) is 4.90 Å². The minimum Gasteiger partial charge on any atom is -0.372 e. The Balaban J connectivity index is 3.39. The first kappa shape index (κ1) is 18.7. The minimum atomic E-state index is -4.92. The highest BCUT2D eigenvalue weighted by Crippen LogP contribution is 2.29. The predicted octanol–water partition coefficient (Wildman–Crippen LogP) is 1.80. The first-order valence-corrected chi connectivity index (χ1v) is 10.1. The largest absolute Gasteiger partial charge is 0.373 e. The van der Waals surface area contributed by atoms with Crippen molar-refractivity contribution < 1.29 is 21.4 Å². The number of benzene rings is 1. The molecule has 22 heavy (non-hydrogen) atoms. The third-order valence-electron chi connectivity index (χ3n) is 3.13. The van der Waals surface area contributed by atoms with Crippen LogP contribution in [0.4, 0.5) is 11.4 Å². The van der Waals surface area contributed by atoms with Crippen LogP contribution in [0.5, 0.6) is 0 Å². The van der Waals surface area contributed by atoms with E-state index in [-0.39, 0.29) is 9.40 Å². The molecule has 1 aromatic rings. The fourth-order valence-electron chi connectivity index (χ4n) is 2.25. The zero-order valence-electron chi connectivity index (χ0n) is 13.1. The summed E-state index contributed by atoms with van der Waals surface area (Å²) >= 11 is 0. The van der Waals surface area contributed by atoms with E-state index in [1.807, 2.05) is 13.8 Å². The lowest BCUT2D eigenvalue weighted by Gasteiger charge is -2.25. The van der Waals surface area contributed by atoms with Crippen molar-refractivity contribution in [3.63, 3.8) is 0 Å². The Bertz CT molecular complexity index is 697. The van der Waals surface area contributed by atoms with Crippen molar-refractivity contribution in [1.29, 1.82) is 0 Å². The molecule has 0 aliphatic heterocycles. The second-order valence-electron chi connectivity index (χ2n) is 4.99. The van der Waals surface area contributed by atoms with Gasteiger partial charge in [0.1, 0.15) is 0 Å². The van der Waals surface area contributed by atoms with Crippen LogP contribution in [0.1, 0.15) is 25.8 Å². The van der Waals surface area contributed by atoms with Crippen LogP contribution in [0.2, 0.25) is 0 Å². The third-order valence-corrected chi connectivity index (χ3v) is 5.92. The van der Waals surface area contributed by atoms with Crippen LogP contribution in [0.25, 0.3) is 0 Å². The molecule has 0 saturated carbocycles. The summed E-state index contributed by atoms with van der Waals surface area (Å²) < 4.78 is 55.4. The van der Waals surface area contributed by atoms with E-state index < -0.39 is 20.3 Å². The molecular formula is C13H22N2O5S2. The summed E-state index contributed by atoms with van der Waals surface area (Å²) in [5.41, 5.74) is 1.23. The molecule has 1 N–H and O–H groups in total. The highest BCUT2D eigenvalue weighted by atomic mass is 32.3. The second-order valence-corrected chi connectivity index (χ2v) is 8.31. The van der Waals surface area contributed by atoms with Gasteiger partial charge in [-0.25, -0.2) is 8.42 Å². The molecule has 1 rings (SSSR count). The van der Waals surface area contributed by atoms with Crippen molar-refractivity contribution in [3.8, 4) is 0 Å². The number of hydrogen-bond acceptors (Lipinski definition) is 5. The van der Waals surface area contributed by atoms with Crippen LogP contribution < -0.4 is 8.61 Å². The molecule has 0 radical (unpaired) electrons. The zero-order valence-corrected chi connectivity index (χ0v) is 14.8. The summed E-state index contributed by atoms with van der Waals surface area (Å²) in [5.74, 6) is 0. The molecular weight excluding hydrogens is 328 g/mol. The average molecular weight is 350 g/mol. The lowest BCUT2D eigenvalue weighted by atomic mass is 10.1. The van der Waals surface area contributed by atoms with Crippen molar-refractivity contribution in [2.75, 3.05) is 28.0 Å². The van der Waals surface area contributed by atoms with Crippen LogP contribution >= 0.6 is 0 Å². The molecule has 0 aliphatic carbocycles. The van der Waals surface area contributed by atoms with Crippen molar-refractivity contribution >= 4 is 31.7 Å². The Kier molecular flexibility index (Phi) is 5.82.